The lowest BCUT2D eigenvalue weighted by Crippen LogP contribution is -2.46. The molecule has 0 fully saturated rings. The molecule has 3 N–H and O–H groups in total. The van der Waals surface area contributed by atoms with Crippen LogP contribution in [0.25, 0.3) is 0 Å². The maximum atomic E-state index is 12.8. The SMILES string of the molecule is CCCCCCCC/C=C\CCCCCCCC(=O)NC(COP(=O)(O)OCC[N+](C)(C)C)C(O)CCCCCCCCCCCCCCC. The third kappa shape index (κ3) is 35.6. The number of carbonyl (C=O) groups excluding carboxylic acids is 1. The molecule has 0 bridgehead atoms. The van der Waals surface area contributed by atoms with Crippen molar-refractivity contribution in [2.24, 2.45) is 0 Å². The first kappa shape index (κ1) is 49.2. The van der Waals surface area contributed by atoms with Crippen molar-refractivity contribution < 1.29 is 32.9 Å². The average Bonchev–Trinajstić information content (AvgIpc) is 3.06. The Labute approximate surface area is 310 Å². The average molecular weight is 732 g/mol. The summed E-state index contributed by atoms with van der Waals surface area (Å²) in [5.74, 6) is -0.153. The van der Waals surface area contributed by atoms with E-state index in [2.05, 4.69) is 31.3 Å². The Morgan fingerprint density at radius 2 is 1.08 bits per heavy atom. The summed E-state index contributed by atoms with van der Waals surface area (Å²) in [6.45, 7) is 4.87. The first-order chi connectivity index (χ1) is 24.0. The minimum atomic E-state index is -4.31. The van der Waals surface area contributed by atoms with Gasteiger partial charge in [0.25, 0.3) is 0 Å². The molecule has 0 saturated carbocycles. The molecule has 0 radical (unpaired) electrons. The van der Waals surface area contributed by atoms with Crippen LogP contribution in [0.4, 0.5) is 0 Å². The molecule has 0 aromatic carbocycles. The maximum absolute atomic E-state index is 12.8. The fraction of sp³-hybridized carbons (Fsp3) is 0.927. The molecular weight excluding hydrogens is 647 g/mol. The molecule has 50 heavy (non-hydrogen) atoms. The molecule has 0 heterocycles. The van der Waals surface area contributed by atoms with Gasteiger partial charge in [-0.3, -0.25) is 13.8 Å². The van der Waals surface area contributed by atoms with Crippen LogP contribution in [-0.2, 0) is 18.4 Å². The maximum Gasteiger partial charge on any atom is 0.472 e. The van der Waals surface area contributed by atoms with E-state index in [4.69, 9.17) is 9.05 Å². The second kappa shape index (κ2) is 34.0. The number of phosphoric acid groups is 1. The zero-order valence-corrected chi connectivity index (χ0v) is 34.5. The van der Waals surface area contributed by atoms with Crippen LogP contribution in [0.5, 0.6) is 0 Å². The van der Waals surface area contributed by atoms with Gasteiger partial charge in [0.15, 0.2) is 0 Å². The van der Waals surface area contributed by atoms with Crippen LogP contribution in [-0.4, -0.2) is 73.4 Å². The highest BCUT2D eigenvalue weighted by molar-refractivity contribution is 7.47. The van der Waals surface area contributed by atoms with Gasteiger partial charge in [-0.2, -0.15) is 0 Å². The van der Waals surface area contributed by atoms with Gasteiger partial charge in [-0.15, -0.1) is 0 Å². The molecule has 3 atom stereocenters. The van der Waals surface area contributed by atoms with E-state index in [0.717, 1.165) is 51.4 Å². The lowest BCUT2D eigenvalue weighted by atomic mass is 10.0. The van der Waals surface area contributed by atoms with Crippen molar-refractivity contribution in [2.45, 2.75) is 206 Å². The standard InChI is InChI=1S/C41H83N2O6P/c1-6-8-10-12-14-16-18-20-21-23-25-27-29-31-33-35-41(45)42-39(38-49-50(46,47)48-37-36-43(3,4)5)40(44)34-32-30-28-26-24-22-19-17-15-13-11-9-7-2/h20-21,39-40,44H,6-19,22-38H2,1-5H3,(H-,42,45,46,47)/p+1/b21-20-. The highest BCUT2D eigenvalue weighted by atomic mass is 31.2. The molecule has 0 rings (SSSR count). The van der Waals surface area contributed by atoms with Crippen molar-refractivity contribution in [3.63, 3.8) is 0 Å². The Bertz CT molecular complexity index is 834. The van der Waals surface area contributed by atoms with E-state index in [1.165, 1.54) is 116 Å². The summed E-state index contributed by atoms with van der Waals surface area (Å²) >= 11 is 0. The van der Waals surface area contributed by atoms with Crippen LogP contribution in [0, 0.1) is 0 Å². The van der Waals surface area contributed by atoms with Crippen LogP contribution in [0.3, 0.4) is 0 Å². The van der Waals surface area contributed by atoms with Crippen LogP contribution < -0.4 is 5.32 Å². The molecule has 0 aliphatic rings. The Morgan fingerprint density at radius 1 is 0.660 bits per heavy atom. The van der Waals surface area contributed by atoms with Crippen molar-refractivity contribution in [2.75, 3.05) is 40.9 Å². The molecular formula is C41H84N2O6P+. The molecule has 0 aliphatic heterocycles. The van der Waals surface area contributed by atoms with E-state index in [1.54, 1.807) is 0 Å². The Morgan fingerprint density at radius 3 is 1.54 bits per heavy atom. The van der Waals surface area contributed by atoms with E-state index >= 15 is 0 Å². The number of amides is 1. The number of allylic oxidation sites excluding steroid dienone is 2. The van der Waals surface area contributed by atoms with Crippen LogP contribution in [0.2, 0.25) is 0 Å². The van der Waals surface area contributed by atoms with Crippen LogP contribution >= 0.6 is 7.82 Å². The van der Waals surface area contributed by atoms with E-state index in [-0.39, 0.29) is 19.1 Å². The fourth-order valence-electron chi connectivity index (χ4n) is 6.10. The van der Waals surface area contributed by atoms with Crippen molar-refractivity contribution in [1.29, 1.82) is 0 Å². The molecule has 298 valence electrons. The molecule has 3 unspecified atom stereocenters. The molecule has 8 nitrogen and oxygen atoms in total. The molecule has 0 saturated heterocycles. The number of quaternary nitrogens is 1. The summed E-state index contributed by atoms with van der Waals surface area (Å²) in [4.78, 5) is 23.1. The largest absolute Gasteiger partial charge is 0.472 e. The van der Waals surface area contributed by atoms with Gasteiger partial charge in [0.05, 0.1) is 39.9 Å². The van der Waals surface area contributed by atoms with E-state index in [1.807, 2.05) is 21.1 Å². The van der Waals surface area contributed by atoms with Crippen molar-refractivity contribution in [3.05, 3.63) is 12.2 Å². The summed E-state index contributed by atoms with van der Waals surface area (Å²) in [6.07, 6.45) is 36.5. The zero-order valence-electron chi connectivity index (χ0n) is 33.7. The summed E-state index contributed by atoms with van der Waals surface area (Å²) in [6, 6.07) is -0.759. The monoisotopic (exact) mass is 732 g/mol. The van der Waals surface area contributed by atoms with Crippen LogP contribution in [0.15, 0.2) is 12.2 Å². The molecule has 0 spiro atoms. The number of hydrogen-bond acceptors (Lipinski definition) is 5. The topological polar surface area (TPSA) is 105 Å². The number of aliphatic hydroxyl groups excluding tert-OH is 1. The van der Waals surface area contributed by atoms with Gasteiger partial charge in [-0.05, 0) is 38.5 Å². The van der Waals surface area contributed by atoms with Crippen molar-refractivity contribution in [3.8, 4) is 0 Å². The van der Waals surface area contributed by atoms with Gasteiger partial charge < -0.3 is 19.8 Å². The van der Waals surface area contributed by atoms with Crippen LogP contribution in [0.1, 0.15) is 194 Å². The van der Waals surface area contributed by atoms with Gasteiger partial charge in [-0.1, -0.05) is 161 Å². The second-order valence-electron chi connectivity index (χ2n) is 15.7. The number of likely N-dealkylation sites (N-methyl/N-ethyl adjacent to an activating group) is 1. The molecule has 0 aliphatic carbocycles. The fourth-order valence-corrected chi connectivity index (χ4v) is 6.83. The van der Waals surface area contributed by atoms with E-state index in [0.29, 0.717) is 23.9 Å². The molecule has 0 aromatic heterocycles. The minimum absolute atomic E-state index is 0.0747. The highest BCUT2D eigenvalue weighted by Crippen LogP contribution is 2.43. The number of rotatable bonds is 38. The Hall–Kier alpha value is -0.760. The Kier molecular flexibility index (Phi) is 33.5. The predicted octanol–water partition coefficient (Wildman–Crippen LogP) is 11.2. The zero-order chi connectivity index (χ0) is 37.2. The summed E-state index contributed by atoms with van der Waals surface area (Å²) in [5.41, 5.74) is 0. The van der Waals surface area contributed by atoms with E-state index < -0.39 is 20.0 Å². The number of unbranched alkanes of at least 4 members (excludes halogenated alkanes) is 23. The summed E-state index contributed by atoms with van der Waals surface area (Å²) in [7, 11) is 1.61. The summed E-state index contributed by atoms with van der Waals surface area (Å²) < 4.78 is 23.6. The number of phosphoric ester groups is 1. The molecule has 1 amide bonds. The number of nitrogens with one attached hydrogen (secondary N) is 1. The highest BCUT2D eigenvalue weighted by Gasteiger charge is 2.28. The smallest absolute Gasteiger partial charge is 0.391 e. The third-order valence-corrected chi connectivity index (χ3v) is 10.5. The number of hydrogen-bond donors (Lipinski definition) is 3. The van der Waals surface area contributed by atoms with Gasteiger partial charge in [0.1, 0.15) is 13.2 Å². The minimum Gasteiger partial charge on any atom is -0.391 e. The lowest BCUT2D eigenvalue weighted by molar-refractivity contribution is -0.870. The third-order valence-electron chi connectivity index (χ3n) is 9.51. The summed E-state index contributed by atoms with van der Waals surface area (Å²) in [5, 5.41) is 13.9. The van der Waals surface area contributed by atoms with Gasteiger partial charge in [0, 0.05) is 6.42 Å². The van der Waals surface area contributed by atoms with Crippen molar-refractivity contribution in [1.82, 2.24) is 5.32 Å². The van der Waals surface area contributed by atoms with Gasteiger partial charge in [0.2, 0.25) is 5.91 Å². The predicted molar refractivity (Wildman–Crippen MR) is 212 cm³/mol. The van der Waals surface area contributed by atoms with Crippen molar-refractivity contribution >= 4 is 13.7 Å². The van der Waals surface area contributed by atoms with E-state index in [9.17, 15) is 19.4 Å². The molecule has 0 aromatic rings. The Balaban J connectivity index is 4.41. The van der Waals surface area contributed by atoms with Gasteiger partial charge in [-0.25, -0.2) is 4.57 Å². The molecule has 9 heteroatoms. The normalized spacial score (nSPS) is 14.6. The quantitative estimate of drug-likeness (QED) is 0.0253. The lowest BCUT2D eigenvalue weighted by Gasteiger charge is -2.26. The first-order valence-corrected chi connectivity index (χ1v) is 22.5. The van der Waals surface area contributed by atoms with Gasteiger partial charge >= 0.3 is 7.82 Å². The second-order valence-corrected chi connectivity index (χ2v) is 17.2. The number of nitrogens with zero attached hydrogens (tertiary/aromatic N) is 1. The number of carbonyl (C=O) groups is 1. The number of aliphatic hydroxyl groups is 1. The first-order valence-electron chi connectivity index (χ1n) is 21.1.